The Morgan fingerprint density at radius 3 is 2.29 bits per heavy atom. The van der Waals surface area contributed by atoms with Gasteiger partial charge in [0.25, 0.3) is 5.56 Å². The first-order chi connectivity index (χ1) is 16.9. The highest BCUT2D eigenvalue weighted by atomic mass is 32.1. The molecule has 0 fully saturated rings. The Hall–Kier alpha value is -3.85. The summed E-state index contributed by atoms with van der Waals surface area (Å²) in [6.07, 6.45) is 0. The highest BCUT2D eigenvalue weighted by Gasteiger charge is 2.23. The van der Waals surface area contributed by atoms with Crippen LogP contribution < -0.4 is 20.7 Å². The number of para-hydroxylation sites is 2. The number of methoxy groups -OCH3 is 2. The van der Waals surface area contributed by atoms with E-state index in [4.69, 9.17) is 14.2 Å². The van der Waals surface area contributed by atoms with Crippen LogP contribution in [0.2, 0.25) is 0 Å². The van der Waals surface area contributed by atoms with Crippen LogP contribution in [0.5, 0.6) is 11.5 Å². The van der Waals surface area contributed by atoms with E-state index in [1.807, 2.05) is 55.5 Å². The summed E-state index contributed by atoms with van der Waals surface area (Å²) in [5.74, 6) is 0.634. The second kappa shape index (κ2) is 10.2. The van der Waals surface area contributed by atoms with Crippen molar-refractivity contribution < 1.29 is 19.0 Å². The maximum atomic E-state index is 13.6. The molecule has 4 rings (SSSR count). The first-order valence-corrected chi connectivity index (χ1v) is 11.9. The van der Waals surface area contributed by atoms with Gasteiger partial charge in [0, 0.05) is 16.0 Å². The third-order valence-electron chi connectivity index (χ3n) is 5.76. The highest BCUT2D eigenvalue weighted by Crippen LogP contribution is 2.40. The Balaban J connectivity index is 2.03. The molecule has 4 aromatic rings. The number of esters is 1. The van der Waals surface area contributed by atoms with E-state index in [0.717, 1.165) is 20.6 Å². The van der Waals surface area contributed by atoms with Gasteiger partial charge in [0.2, 0.25) is 0 Å². The first kappa shape index (κ1) is 24.3. The van der Waals surface area contributed by atoms with E-state index in [9.17, 15) is 14.4 Å². The molecule has 0 aliphatic carbocycles. The van der Waals surface area contributed by atoms with Crippen molar-refractivity contribution in [1.29, 1.82) is 0 Å². The smallest absolute Gasteiger partial charge is 0.332 e. The van der Waals surface area contributed by atoms with Crippen LogP contribution in [0.3, 0.4) is 0 Å². The summed E-state index contributed by atoms with van der Waals surface area (Å²) < 4.78 is 18.5. The Morgan fingerprint density at radius 1 is 0.943 bits per heavy atom. The number of fused-ring (bicyclic) bond motifs is 1. The van der Waals surface area contributed by atoms with Crippen molar-refractivity contribution in [2.75, 3.05) is 20.8 Å². The summed E-state index contributed by atoms with van der Waals surface area (Å²) in [6, 6.07) is 14.9. The number of aromatic nitrogens is 2. The number of thiophene rings is 1. The molecule has 0 unspecified atom stereocenters. The van der Waals surface area contributed by atoms with Gasteiger partial charge < -0.3 is 14.2 Å². The second-order valence-electron chi connectivity index (χ2n) is 7.81. The average molecular weight is 495 g/mol. The van der Waals surface area contributed by atoms with Gasteiger partial charge in [-0.05, 0) is 37.6 Å². The number of ether oxygens (including phenoxy) is 3. The van der Waals surface area contributed by atoms with E-state index in [0.29, 0.717) is 27.3 Å². The van der Waals surface area contributed by atoms with Gasteiger partial charge in [-0.15, -0.1) is 11.3 Å². The molecule has 0 radical (unpaired) electrons. The van der Waals surface area contributed by atoms with Crippen molar-refractivity contribution in [3.05, 3.63) is 80.5 Å². The fourth-order valence-corrected chi connectivity index (χ4v) is 5.42. The lowest BCUT2D eigenvalue weighted by Crippen LogP contribution is -2.42. The number of carbonyl (C=O) groups excluding carboxylic acids is 1. The molecule has 0 saturated heterocycles. The summed E-state index contributed by atoms with van der Waals surface area (Å²) >= 11 is 1.34. The molecule has 35 heavy (non-hydrogen) atoms. The van der Waals surface area contributed by atoms with Gasteiger partial charge >= 0.3 is 11.7 Å². The molecule has 0 aliphatic rings. The number of nitrogens with zero attached hydrogens (tertiary/aromatic N) is 2. The van der Waals surface area contributed by atoms with E-state index in [1.54, 1.807) is 21.1 Å². The number of aryl methyl sites for hydroxylation is 1. The minimum atomic E-state index is -0.646. The van der Waals surface area contributed by atoms with Gasteiger partial charge in [-0.2, -0.15) is 0 Å². The van der Waals surface area contributed by atoms with Gasteiger partial charge in [0.05, 0.1) is 32.8 Å². The van der Waals surface area contributed by atoms with E-state index < -0.39 is 23.8 Å². The molecule has 0 bridgehead atoms. The van der Waals surface area contributed by atoms with Crippen molar-refractivity contribution in [1.82, 2.24) is 9.13 Å². The van der Waals surface area contributed by atoms with Crippen LogP contribution in [0.25, 0.3) is 20.7 Å². The normalized spacial score (nSPS) is 11.0. The molecule has 182 valence electrons. The van der Waals surface area contributed by atoms with Gasteiger partial charge in [0.1, 0.15) is 22.9 Å². The van der Waals surface area contributed by atoms with Crippen LogP contribution in [0.4, 0.5) is 0 Å². The second-order valence-corrected chi connectivity index (χ2v) is 8.81. The summed E-state index contributed by atoms with van der Waals surface area (Å²) in [7, 11) is 3.15. The fourth-order valence-electron chi connectivity index (χ4n) is 4.10. The molecule has 0 saturated carbocycles. The Bertz CT molecular complexity index is 1510. The van der Waals surface area contributed by atoms with Crippen molar-refractivity contribution in [3.63, 3.8) is 0 Å². The van der Waals surface area contributed by atoms with Crippen LogP contribution >= 0.6 is 11.3 Å². The number of carbonyl (C=O) groups is 1. The van der Waals surface area contributed by atoms with Crippen LogP contribution in [-0.2, 0) is 22.6 Å². The van der Waals surface area contributed by atoms with Crippen LogP contribution in [0.1, 0.15) is 18.1 Å². The molecule has 9 heteroatoms. The standard InChI is InChI=1S/C26H26N2O6S/c1-5-34-21(29)15-27-24(30)22-16(2)23(18-11-7-9-13-20(18)33-4)35-25(22)28(26(27)31)14-17-10-6-8-12-19(17)32-3/h6-13H,5,14-15H2,1-4H3. The van der Waals surface area contributed by atoms with Crippen molar-refractivity contribution in [2.24, 2.45) is 0 Å². The Morgan fingerprint density at radius 2 is 1.60 bits per heavy atom. The largest absolute Gasteiger partial charge is 0.496 e. The maximum Gasteiger partial charge on any atom is 0.332 e. The first-order valence-electron chi connectivity index (χ1n) is 11.1. The summed E-state index contributed by atoms with van der Waals surface area (Å²) in [5, 5.41) is 0.384. The predicted molar refractivity (Wildman–Crippen MR) is 136 cm³/mol. The lowest BCUT2D eigenvalue weighted by Gasteiger charge is -2.14. The fraction of sp³-hybridized carbons (Fsp3) is 0.269. The highest BCUT2D eigenvalue weighted by molar-refractivity contribution is 7.22. The maximum absolute atomic E-state index is 13.6. The summed E-state index contributed by atoms with van der Waals surface area (Å²) in [5.41, 5.74) is 1.19. The zero-order valence-electron chi connectivity index (χ0n) is 20.0. The van der Waals surface area contributed by atoms with Crippen LogP contribution in [-0.4, -0.2) is 35.9 Å². The topological polar surface area (TPSA) is 88.8 Å². The molecule has 2 aromatic heterocycles. The van der Waals surface area contributed by atoms with Crippen molar-refractivity contribution in [2.45, 2.75) is 26.9 Å². The van der Waals surface area contributed by atoms with Crippen molar-refractivity contribution >= 4 is 27.5 Å². The summed E-state index contributed by atoms with van der Waals surface area (Å²) in [6.45, 7) is 3.36. The van der Waals surface area contributed by atoms with E-state index >= 15 is 0 Å². The zero-order chi connectivity index (χ0) is 25.1. The molecule has 2 heterocycles. The SMILES string of the molecule is CCOC(=O)Cn1c(=O)c2c(C)c(-c3ccccc3OC)sc2n(Cc2ccccc2OC)c1=O. The lowest BCUT2D eigenvalue weighted by atomic mass is 10.1. The molecular formula is C26H26N2O6S. The molecule has 0 amide bonds. The molecule has 2 aromatic carbocycles. The quantitative estimate of drug-likeness (QED) is 0.346. The number of benzene rings is 2. The predicted octanol–water partition coefficient (Wildman–Crippen LogP) is 3.83. The molecule has 0 spiro atoms. The third kappa shape index (κ3) is 4.46. The average Bonchev–Trinajstić information content (AvgIpc) is 3.21. The molecule has 0 aliphatic heterocycles. The van der Waals surface area contributed by atoms with Crippen LogP contribution in [0.15, 0.2) is 58.1 Å². The van der Waals surface area contributed by atoms with E-state index in [-0.39, 0.29) is 13.2 Å². The van der Waals surface area contributed by atoms with Gasteiger partial charge in [0.15, 0.2) is 0 Å². The van der Waals surface area contributed by atoms with Crippen molar-refractivity contribution in [3.8, 4) is 21.9 Å². The van der Waals surface area contributed by atoms with Gasteiger partial charge in [-0.25, -0.2) is 9.36 Å². The molecule has 8 nitrogen and oxygen atoms in total. The van der Waals surface area contributed by atoms with Gasteiger partial charge in [-0.3, -0.25) is 14.2 Å². The Labute approximate surface area is 205 Å². The molecular weight excluding hydrogens is 468 g/mol. The Kier molecular flexibility index (Phi) is 7.07. The number of rotatable bonds is 8. The van der Waals surface area contributed by atoms with Gasteiger partial charge in [-0.1, -0.05) is 30.3 Å². The molecule has 0 atom stereocenters. The minimum absolute atomic E-state index is 0.153. The van der Waals surface area contributed by atoms with E-state index in [2.05, 4.69) is 0 Å². The lowest BCUT2D eigenvalue weighted by molar-refractivity contribution is -0.143. The monoisotopic (exact) mass is 494 g/mol. The van der Waals surface area contributed by atoms with Crippen LogP contribution in [0, 0.1) is 6.92 Å². The zero-order valence-corrected chi connectivity index (χ0v) is 20.8. The number of hydrogen-bond acceptors (Lipinski definition) is 7. The summed E-state index contributed by atoms with van der Waals surface area (Å²) in [4.78, 5) is 40.7. The third-order valence-corrected chi connectivity index (χ3v) is 7.11. The number of hydrogen-bond donors (Lipinski definition) is 0. The van der Waals surface area contributed by atoms with E-state index in [1.165, 1.54) is 15.9 Å². The molecule has 0 N–H and O–H groups in total. The minimum Gasteiger partial charge on any atom is -0.496 e.